The Kier molecular flexibility index (Phi) is 4.46. The summed E-state index contributed by atoms with van der Waals surface area (Å²) < 4.78 is 27.7. The number of nitriles is 1. The van der Waals surface area contributed by atoms with Crippen molar-refractivity contribution in [3.8, 4) is 23.2 Å². The lowest BCUT2D eigenvalue weighted by Gasteiger charge is -2.25. The molecule has 30 heavy (non-hydrogen) atoms. The highest BCUT2D eigenvalue weighted by atomic mass is 35.5. The average molecular weight is 423 g/mol. The minimum atomic E-state index is -0.690. The number of fused-ring (bicyclic) bond motifs is 2. The van der Waals surface area contributed by atoms with Crippen molar-refractivity contribution in [3.05, 3.63) is 70.4 Å². The van der Waals surface area contributed by atoms with E-state index in [9.17, 15) is 9.65 Å². The van der Waals surface area contributed by atoms with Crippen molar-refractivity contribution in [1.29, 1.82) is 5.26 Å². The van der Waals surface area contributed by atoms with E-state index in [0.29, 0.717) is 41.0 Å². The van der Waals surface area contributed by atoms with E-state index >= 15 is 0 Å². The maximum Gasteiger partial charge on any atom is 0.146 e. The van der Waals surface area contributed by atoms with Crippen LogP contribution in [-0.4, -0.2) is 28.3 Å². The van der Waals surface area contributed by atoms with E-state index in [1.807, 2.05) is 22.9 Å². The van der Waals surface area contributed by atoms with Gasteiger partial charge in [-0.3, -0.25) is 0 Å². The molecular formula is C22H16ClFN4O2. The molecule has 150 valence electrons. The number of aromatic amines is 1. The number of imidazole rings is 1. The molecule has 2 aromatic heterocycles. The Morgan fingerprint density at radius 1 is 1.37 bits per heavy atom. The molecule has 0 fully saturated rings. The van der Waals surface area contributed by atoms with Gasteiger partial charge in [0.25, 0.3) is 0 Å². The largest absolute Gasteiger partial charge is 0.495 e. The molecule has 0 bridgehead atoms. The number of rotatable bonds is 3. The first kappa shape index (κ1) is 18.7. The van der Waals surface area contributed by atoms with Gasteiger partial charge in [0.1, 0.15) is 35.3 Å². The fraction of sp³-hybridized carbons (Fsp3) is 0.182. The Bertz CT molecular complexity index is 1300. The third-order valence-corrected chi connectivity index (χ3v) is 5.60. The van der Waals surface area contributed by atoms with E-state index in [0.717, 1.165) is 16.6 Å². The molecule has 4 aromatic rings. The number of benzene rings is 2. The van der Waals surface area contributed by atoms with Crippen molar-refractivity contribution in [3.63, 3.8) is 0 Å². The van der Waals surface area contributed by atoms with Crippen LogP contribution in [-0.2, 0) is 11.3 Å². The normalized spacial score (nSPS) is 15.7. The zero-order valence-corrected chi connectivity index (χ0v) is 16.7. The summed E-state index contributed by atoms with van der Waals surface area (Å²) >= 11 is 6.27. The molecule has 5 rings (SSSR count). The predicted molar refractivity (Wildman–Crippen MR) is 110 cm³/mol. The molecule has 3 heterocycles. The first-order valence-electron chi connectivity index (χ1n) is 9.33. The lowest BCUT2D eigenvalue weighted by atomic mass is 10.1. The Hall–Kier alpha value is -3.34. The Balaban J connectivity index is 1.62. The summed E-state index contributed by atoms with van der Waals surface area (Å²) in [7, 11) is 1.54. The molecule has 0 radical (unpaired) electrons. The molecule has 6 nitrogen and oxygen atoms in total. The first-order chi connectivity index (χ1) is 14.6. The van der Waals surface area contributed by atoms with Gasteiger partial charge in [0.15, 0.2) is 0 Å². The minimum Gasteiger partial charge on any atom is -0.495 e. The highest BCUT2D eigenvalue weighted by molar-refractivity contribution is 6.31. The highest BCUT2D eigenvalue weighted by Crippen LogP contribution is 2.37. The third kappa shape index (κ3) is 2.84. The molecule has 1 N–H and O–H groups in total. The lowest BCUT2D eigenvalue weighted by Crippen LogP contribution is -2.23. The van der Waals surface area contributed by atoms with Gasteiger partial charge in [0, 0.05) is 34.2 Å². The fourth-order valence-electron chi connectivity index (χ4n) is 3.89. The van der Waals surface area contributed by atoms with Gasteiger partial charge < -0.3 is 19.0 Å². The zero-order valence-electron chi connectivity index (χ0n) is 15.9. The summed E-state index contributed by atoms with van der Waals surface area (Å²) in [5, 5.41) is 10.4. The van der Waals surface area contributed by atoms with E-state index in [1.165, 1.54) is 13.2 Å². The highest BCUT2D eigenvalue weighted by Gasteiger charge is 2.30. The summed E-state index contributed by atoms with van der Waals surface area (Å²) in [4.78, 5) is 8.05. The summed E-state index contributed by atoms with van der Waals surface area (Å²) in [6.07, 6.45) is 1.22. The molecule has 0 saturated heterocycles. The molecule has 0 aliphatic carbocycles. The lowest BCUT2D eigenvalue weighted by molar-refractivity contribution is 0.0409. The van der Waals surface area contributed by atoms with Crippen LogP contribution in [0.1, 0.15) is 23.1 Å². The van der Waals surface area contributed by atoms with Gasteiger partial charge in [-0.25, -0.2) is 9.37 Å². The number of H-pyrrole nitrogens is 1. The van der Waals surface area contributed by atoms with Gasteiger partial charge in [0.2, 0.25) is 0 Å². The number of hydrogen-bond acceptors (Lipinski definition) is 4. The van der Waals surface area contributed by atoms with Crippen LogP contribution < -0.4 is 4.74 Å². The maximum atomic E-state index is 14.5. The Labute approximate surface area is 176 Å². The quantitative estimate of drug-likeness (QED) is 0.513. The maximum absolute atomic E-state index is 14.5. The number of ether oxygens (including phenoxy) is 2. The first-order valence-corrected chi connectivity index (χ1v) is 9.71. The van der Waals surface area contributed by atoms with Crippen LogP contribution in [0.3, 0.4) is 0 Å². The van der Waals surface area contributed by atoms with Gasteiger partial charge in [-0.05, 0) is 30.3 Å². The second-order valence-corrected chi connectivity index (χ2v) is 7.37. The molecule has 1 atom stereocenters. The van der Waals surface area contributed by atoms with Crippen LogP contribution in [0.5, 0.6) is 5.75 Å². The summed E-state index contributed by atoms with van der Waals surface area (Å²) in [6.45, 7) is 1.03. The van der Waals surface area contributed by atoms with E-state index < -0.39 is 11.9 Å². The van der Waals surface area contributed by atoms with E-state index in [2.05, 4.69) is 11.1 Å². The van der Waals surface area contributed by atoms with E-state index in [1.54, 1.807) is 18.2 Å². The molecule has 1 unspecified atom stereocenters. The summed E-state index contributed by atoms with van der Waals surface area (Å²) in [5.74, 6) is 0.678. The molecule has 1 aliphatic rings. The molecular weight excluding hydrogens is 407 g/mol. The minimum absolute atomic E-state index is 0.286. The van der Waals surface area contributed by atoms with E-state index in [-0.39, 0.29) is 5.56 Å². The number of nitrogens with one attached hydrogen (secondary N) is 1. The van der Waals surface area contributed by atoms with E-state index in [4.69, 9.17) is 26.1 Å². The number of nitrogens with zero attached hydrogens (tertiary/aromatic N) is 3. The summed E-state index contributed by atoms with van der Waals surface area (Å²) in [5.41, 5.74) is 3.02. The van der Waals surface area contributed by atoms with Crippen LogP contribution in [0, 0.1) is 17.1 Å². The molecule has 0 saturated carbocycles. The van der Waals surface area contributed by atoms with Crippen molar-refractivity contribution in [1.82, 2.24) is 14.5 Å². The predicted octanol–water partition coefficient (Wildman–Crippen LogP) is 4.82. The third-order valence-electron chi connectivity index (χ3n) is 5.28. The number of hydrogen-bond donors (Lipinski definition) is 1. The van der Waals surface area contributed by atoms with Crippen molar-refractivity contribution >= 4 is 22.5 Å². The van der Waals surface area contributed by atoms with Crippen molar-refractivity contribution in [2.75, 3.05) is 13.7 Å². The Morgan fingerprint density at radius 3 is 3.00 bits per heavy atom. The van der Waals surface area contributed by atoms with Gasteiger partial charge in [0.05, 0.1) is 25.0 Å². The topological polar surface area (TPSA) is 75.9 Å². The van der Waals surface area contributed by atoms with Crippen LogP contribution in [0.25, 0.3) is 22.3 Å². The van der Waals surface area contributed by atoms with Gasteiger partial charge in [-0.15, -0.1) is 0 Å². The van der Waals surface area contributed by atoms with Crippen LogP contribution in [0.15, 0.2) is 42.6 Å². The van der Waals surface area contributed by atoms with Crippen molar-refractivity contribution in [2.45, 2.75) is 12.6 Å². The number of methoxy groups -OCH3 is 1. The van der Waals surface area contributed by atoms with Crippen LogP contribution in [0.4, 0.5) is 4.39 Å². The Morgan fingerprint density at radius 2 is 2.23 bits per heavy atom. The van der Waals surface area contributed by atoms with Gasteiger partial charge >= 0.3 is 0 Å². The number of halogens is 2. The average Bonchev–Trinajstić information content (AvgIpc) is 3.37. The fourth-order valence-corrected chi connectivity index (χ4v) is 4.15. The zero-order chi connectivity index (χ0) is 20.8. The molecule has 1 aliphatic heterocycles. The smallest absolute Gasteiger partial charge is 0.146 e. The second-order valence-electron chi connectivity index (χ2n) is 6.97. The number of aromatic nitrogens is 3. The molecule has 2 aromatic carbocycles. The monoisotopic (exact) mass is 422 g/mol. The van der Waals surface area contributed by atoms with Gasteiger partial charge in [-0.1, -0.05) is 17.7 Å². The van der Waals surface area contributed by atoms with Crippen molar-refractivity contribution < 1.29 is 13.9 Å². The van der Waals surface area contributed by atoms with Crippen molar-refractivity contribution in [2.24, 2.45) is 0 Å². The van der Waals surface area contributed by atoms with Crippen LogP contribution in [0.2, 0.25) is 5.02 Å². The van der Waals surface area contributed by atoms with Gasteiger partial charge in [-0.2, -0.15) is 5.26 Å². The molecule has 0 amide bonds. The second kappa shape index (κ2) is 7.17. The standard InChI is InChI=1S/C22H16ClFN4O2/c1-29-20-12(10-25)5-6-16-13(20)9-17(26-16)18-11-28-7-8-30-21(22(28)27-18)19-14(23)3-2-4-15(19)24/h2-6,9,11,21,26H,7-8H2,1H3. The summed E-state index contributed by atoms with van der Waals surface area (Å²) in [6, 6.07) is 12.2. The van der Waals surface area contributed by atoms with Crippen LogP contribution >= 0.6 is 11.6 Å². The molecule has 0 spiro atoms. The SMILES string of the molecule is COc1c(C#N)ccc2[nH]c(-c3cn4c(n3)C(c3c(F)cccc3Cl)OCC4)cc12. The molecule has 8 heteroatoms.